The number of aromatic nitrogens is 2. The lowest BCUT2D eigenvalue weighted by molar-refractivity contribution is -0.138. The van der Waals surface area contributed by atoms with E-state index < -0.39 is 28.0 Å². The van der Waals surface area contributed by atoms with Crippen LogP contribution in [0.25, 0.3) is 11.3 Å². The Morgan fingerprint density at radius 1 is 1.03 bits per heavy atom. The first-order valence-electron chi connectivity index (χ1n) is 12.5. The number of hydrogen-bond acceptors (Lipinski definition) is 6. The lowest BCUT2D eigenvalue weighted by Crippen LogP contribution is -2.45. The number of likely N-dealkylation sites (tertiary alicyclic amines) is 1. The largest absolute Gasteiger partial charge is 0.330 e. The third-order valence-corrected chi connectivity index (χ3v) is 8.91. The third kappa shape index (κ3) is 4.81. The van der Waals surface area contributed by atoms with Crippen LogP contribution in [0.5, 0.6) is 0 Å². The molecule has 3 unspecified atom stereocenters. The molecule has 2 aliphatic rings. The molecular weight excluding hydrogens is 488 g/mol. The van der Waals surface area contributed by atoms with Crippen molar-refractivity contribution in [3.8, 4) is 11.3 Å². The van der Waals surface area contributed by atoms with E-state index in [2.05, 4.69) is 23.8 Å². The van der Waals surface area contributed by atoms with Gasteiger partial charge in [-0.2, -0.15) is 4.31 Å². The van der Waals surface area contributed by atoms with Crippen molar-refractivity contribution in [1.82, 2.24) is 19.2 Å². The topological polar surface area (TPSA) is 101 Å². The van der Waals surface area contributed by atoms with Crippen molar-refractivity contribution >= 4 is 21.7 Å². The summed E-state index contributed by atoms with van der Waals surface area (Å²) in [6, 6.07) is 16.9. The van der Waals surface area contributed by atoms with Gasteiger partial charge in [0.25, 0.3) is 10.0 Å². The molecule has 0 aliphatic carbocycles. The van der Waals surface area contributed by atoms with Crippen LogP contribution in [0.15, 0.2) is 78.1 Å². The number of sulfonamides is 1. The number of Topliss-reactive ketones (excluding diaryl/α,β-unsaturated/α-hetero) is 1. The fourth-order valence-electron chi connectivity index (χ4n) is 5.46. The third-order valence-electron chi connectivity index (χ3n) is 7.13. The predicted octanol–water partition coefficient (Wildman–Crippen LogP) is 3.52. The molecule has 1 amide bonds. The molecule has 4 heterocycles. The first-order valence-corrected chi connectivity index (χ1v) is 14.0. The Morgan fingerprint density at radius 2 is 1.78 bits per heavy atom. The number of hydrogen-bond donors (Lipinski definition) is 0. The molecule has 192 valence electrons. The fraction of sp³-hybridized carbons (Fsp3) is 0.357. The van der Waals surface area contributed by atoms with Gasteiger partial charge in [0.1, 0.15) is 6.04 Å². The number of nitrogens with zero attached hydrogens (tertiary/aromatic N) is 4. The Bertz CT molecular complexity index is 1400. The van der Waals surface area contributed by atoms with E-state index in [1.54, 1.807) is 23.2 Å². The van der Waals surface area contributed by atoms with Gasteiger partial charge >= 0.3 is 0 Å². The number of fused-ring (bicyclic) bond motifs is 1. The summed E-state index contributed by atoms with van der Waals surface area (Å²) in [7, 11) is -3.95. The highest BCUT2D eigenvalue weighted by Gasteiger charge is 2.54. The molecule has 5 rings (SSSR count). The van der Waals surface area contributed by atoms with Crippen molar-refractivity contribution in [2.24, 2.45) is 5.92 Å². The molecule has 3 aromatic rings. The van der Waals surface area contributed by atoms with Crippen molar-refractivity contribution in [3.63, 3.8) is 0 Å². The summed E-state index contributed by atoms with van der Waals surface area (Å²) in [6.07, 6.45) is 4.18. The molecule has 0 radical (unpaired) electrons. The zero-order valence-corrected chi connectivity index (χ0v) is 21.7. The molecule has 8 nitrogen and oxygen atoms in total. The molecule has 9 heteroatoms. The lowest BCUT2D eigenvalue weighted by atomic mass is 9.87. The van der Waals surface area contributed by atoms with Crippen LogP contribution in [-0.2, 0) is 19.6 Å². The van der Waals surface area contributed by atoms with Gasteiger partial charge in [-0.15, -0.1) is 0 Å². The summed E-state index contributed by atoms with van der Waals surface area (Å²) < 4.78 is 27.8. The summed E-state index contributed by atoms with van der Waals surface area (Å²) in [5.74, 6) is -0.589. The van der Waals surface area contributed by atoms with E-state index in [0.29, 0.717) is 19.4 Å². The van der Waals surface area contributed by atoms with Gasteiger partial charge in [0.15, 0.2) is 10.8 Å². The molecule has 3 atom stereocenters. The van der Waals surface area contributed by atoms with Crippen molar-refractivity contribution in [2.75, 3.05) is 13.1 Å². The molecule has 0 saturated carbocycles. The van der Waals surface area contributed by atoms with Crippen LogP contribution in [0.1, 0.15) is 38.2 Å². The van der Waals surface area contributed by atoms with E-state index in [1.165, 1.54) is 16.6 Å². The lowest BCUT2D eigenvalue weighted by Gasteiger charge is -2.29. The Morgan fingerprint density at radius 3 is 2.46 bits per heavy atom. The summed E-state index contributed by atoms with van der Waals surface area (Å²) in [5.41, 5.74) is 2.61. The monoisotopic (exact) mass is 518 g/mol. The van der Waals surface area contributed by atoms with E-state index in [9.17, 15) is 18.0 Å². The quantitative estimate of drug-likeness (QED) is 0.475. The van der Waals surface area contributed by atoms with Crippen LogP contribution in [0, 0.1) is 5.92 Å². The first-order chi connectivity index (χ1) is 17.8. The predicted molar refractivity (Wildman–Crippen MR) is 139 cm³/mol. The normalized spacial score (nSPS) is 20.8. The number of rotatable bonds is 7. The fourth-order valence-corrected chi connectivity index (χ4v) is 7.02. The van der Waals surface area contributed by atoms with Crippen molar-refractivity contribution in [1.29, 1.82) is 0 Å². The number of carbonyl (C=O) groups excluding carboxylic acids is 2. The van der Waals surface area contributed by atoms with E-state index in [0.717, 1.165) is 16.8 Å². The molecule has 2 fully saturated rings. The molecule has 0 N–H and O–H groups in total. The summed E-state index contributed by atoms with van der Waals surface area (Å²) in [4.78, 5) is 37.2. The van der Waals surface area contributed by atoms with E-state index >= 15 is 0 Å². The van der Waals surface area contributed by atoms with Gasteiger partial charge in [-0.1, -0.05) is 44.2 Å². The highest BCUT2D eigenvalue weighted by molar-refractivity contribution is 7.89. The second-order valence-electron chi connectivity index (χ2n) is 10.0. The summed E-state index contributed by atoms with van der Waals surface area (Å²) in [6.45, 7) is 4.22. The van der Waals surface area contributed by atoms with E-state index in [1.807, 2.05) is 42.5 Å². The van der Waals surface area contributed by atoms with Crippen LogP contribution in [0.2, 0.25) is 0 Å². The Labute approximate surface area is 217 Å². The number of benzene rings is 1. The van der Waals surface area contributed by atoms with Gasteiger partial charge < -0.3 is 4.90 Å². The number of carbonyl (C=O) groups is 2. The van der Waals surface area contributed by atoms with Crippen LogP contribution < -0.4 is 0 Å². The smallest absolute Gasteiger partial charge is 0.261 e. The van der Waals surface area contributed by atoms with Crippen LogP contribution in [0.4, 0.5) is 0 Å². The molecule has 0 bridgehead atoms. The van der Waals surface area contributed by atoms with Crippen LogP contribution in [-0.4, -0.2) is 64.5 Å². The number of amides is 1. The molecule has 1 aromatic carbocycles. The maximum absolute atomic E-state index is 14.0. The second kappa shape index (κ2) is 10.1. The summed E-state index contributed by atoms with van der Waals surface area (Å²) >= 11 is 0. The van der Waals surface area contributed by atoms with Gasteiger partial charge in [-0.05, 0) is 54.7 Å². The minimum atomic E-state index is -3.95. The maximum Gasteiger partial charge on any atom is 0.261 e. The standard InChI is InChI=1S/C28H30N4O4S/c1-19(2)16-22(20-8-7-9-21(17-20)23-10-3-5-13-29-23)28(34)31-15-12-24-27(31)25(33)18-32(24)37(35,36)26-11-4-6-14-30-26/h3-11,13-14,17,19,22,24,27H,12,15-16,18H2,1-2H3. The van der Waals surface area contributed by atoms with E-state index in [-0.39, 0.29) is 29.2 Å². The second-order valence-corrected chi connectivity index (χ2v) is 11.9. The van der Waals surface area contributed by atoms with Gasteiger partial charge in [-0.3, -0.25) is 14.6 Å². The van der Waals surface area contributed by atoms with Crippen LogP contribution in [0.3, 0.4) is 0 Å². The molecular formula is C28H30N4O4S. The highest BCUT2D eigenvalue weighted by atomic mass is 32.2. The maximum atomic E-state index is 14.0. The molecule has 0 spiro atoms. The number of ketones is 1. The molecule has 2 aromatic heterocycles. The SMILES string of the molecule is CC(C)CC(C(=O)N1CCC2C1C(=O)CN2S(=O)(=O)c1ccccn1)c1cccc(-c2ccccn2)c1. The van der Waals surface area contributed by atoms with E-state index in [4.69, 9.17) is 0 Å². The van der Waals surface area contributed by atoms with Gasteiger partial charge in [0, 0.05) is 24.5 Å². The minimum Gasteiger partial charge on any atom is -0.330 e. The van der Waals surface area contributed by atoms with Crippen LogP contribution >= 0.6 is 0 Å². The van der Waals surface area contributed by atoms with Crippen molar-refractivity contribution in [3.05, 3.63) is 78.6 Å². The van der Waals surface area contributed by atoms with Crippen molar-refractivity contribution in [2.45, 2.75) is 49.7 Å². The molecule has 2 saturated heterocycles. The Hall–Kier alpha value is -3.43. The van der Waals surface area contributed by atoms with Gasteiger partial charge in [-0.25, -0.2) is 13.4 Å². The van der Waals surface area contributed by atoms with Crippen molar-refractivity contribution < 1.29 is 18.0 Å². The molecule has 2 aliphatic heterocycles. The number of pyridine rings is 2. The zero-order valence-electron chi connectivity index (χ0n) is 20.9. The Balaban J connectivity index is 1.44. The zero-order chi connectivity index (χ0) is 26.2. The molecule has 37 heavy (non-hydrogen) atoms. The average Bonchev–Trinajstić information content (AvgIpc) is 3.49. The minimum absolute atomic E-state index is 0.0859. The van der Waals surface area contributed by atoms with Gasteiger partial charge in [0.05, 0.1) is 24.2 Å². The summed E-state index contributed by atoms with van der Waals surface area (Å²) in [5, 5.41) is -0.0859. The highest BCUT2D eigenvalue weighted by Crippen LogP contribution is 2.37. The average molecular weight is 519 g/mol. The van der Waals surface area contributed by atoms with Gasteiger partial charge in [0.2, 0.25) is 5.91 Å². The Kier molecular flexibility index (Phi) is 6.92. The first kappa shape index (κ1) is 25.2.